The summed E-state index contributed by atoms with van der Waals surface area (Å²) in [6.07, 6.45) is 1.29. The van der Waals surface area contributed by atoms with Crippen LogP contribution in [-0.4, -0.2) is 37.0 Å². The normalized spacial score (nSPS) is 13.6. The molecule has 4 aromatic rings. The summed E-state index contributed by atoms with van der Waals surface area (Å²) in [6, 6.07) is 19.9. The van der Waals surface area contributed by atoms with Crippen LogP contribution in [-0.2, 0) is 40.6 Å². The molecule has 7 nitrogen and oxygen atoms in total. The summed E-state index contributed by atoms with van der Waals surface area (Å²) in [7, 11) is -3.86. The molecule has 0 saturated carbocycles. The van der Waals surface area contributed by atoms with E-state index in [0.29, 0.717) is 25.2 Å². The number of carboxylic acid groups (broad SMARTS) is 1. The van der Waals surface area contributed by atoms with Crippen LogP contribution in [0.5, 0.6) is 5.75 Å². The van der Waals surface area contributed by atoms with Gasteiger partial charge in [0.25, 0.3) is 0 Å². The number of aliphatic carboxylic acids is 1. The van der Waals surface area contributed by atoms with Crippen molar-refractivity contribution < 1.29 is 27.5 Å². The first-order chi connectivity index (χ1) is 19.6. The van der Waals surface area contributed by atoms with Gasteiger partial charge in [0, 0.05) is 37.1 Å². The molecule has 0 atom stereocenters. The Morgan fingerprint density at radius 3 is 2.49 bits per heavy atom. The highest BCUT2D eigenvalue weighted by molar-refractivity contribution is 7.89. The molecule has 10 heteroatoms. The highest BCUT2D eigenvalue weighted by Gasteiger charge is 2.31. The summed E-state index contributed by atoms with van der Waals surface area (Å²) in [5, 5.41) is 9.70. The molecule has 214 valence electrons. The number of hydrogen-bond donors (Lipinski definition) is 1. The van der Waals surface area contributed by atoms with Crippen LogP contribution in [0.4, 0.5) is 0 Å². The van der Waals surface area contributed by atoms with Gasteiger partial charge in [-0.05, 0) is 66.8 Å². The van der Waals surface area contributed by atoms with Gasteiger partial charge in [0.1, 0.15) is 17.3 Å². The maximum Gasteiger partial charge on any atom is 0.303 e. The van der Waals surface area contributed by atoms with E-state index in [1.54, 1.807) is 0 Å². The van der Waals surface area contributed by atoms with E-state index in [4.69, 9.17) is 32.4 Å². The second kappa shape index (κ2) is 12.3. The third kappa shape index (κ3) is 6.46. The number of carbonyl (C=O) groups is 1. The molecular weight excluding hydrogens is 585 g/mol. The number of nitrogens with zero attached hydrogens (tertiary/aromatic N) is 1. The Morgan fingerprint density at radius 1 is 0.976 bits per heavy atom. The molecule has 1 aromatic heterocycles. The number of sulfonamides is 1. The molecule has 0 spiro atoms. The van der Waals surface area contributed by atoms with Crippen molar-refractivity contribution in [3.05, 3.63) is 105 Å². The summed E-state index contributed by atoms with van der Waals surface area (Å²) >= 11 is 12.1. The fourth-order valence-corrected chi connectivity index (χ4v) is 6.87. The van der Waals surface area contributed by atoms with Crippen LogP contribution < -0.4 is 4.74 Å². The lowest BCUT2D eigenvalue weighted by Crippen LogP contribution is -2.36. The summed E-state index contributed by atoms with van der Waals surface area (Å²) in [4.78, 5) is 11.4. The predicted octanol–water partition coefficient (Wildman–Crippen LogP) is 6.95. The minimum atomic E-state index is -3.86. The van der Waals surface area contributed by atoms with Crippen molar-refractivity contribution in [3.63, 3.8) is 0 Å². The number of rotatable bonds is 10. The Hall–Kier alpha value is -3.30. The van der Waals surface area contributed by atoms with E-state index in [1.807, 2.05) is 55.5 Å². The quantitative estimate of drug-likeness (QED) is 0.208. The van der Waals surface area contributed by atoms with E-state index >= 15 is 0 Å². The number of aryl methyl sites for hydroxylation is 2. The molecule has 2 heterocycles. The molecule has 0 saturated heterocycles. The van der Waals surface area contributed by atoms with Gasteiger partial charge in [-0.1, -0.05) is 59.6 Å². The third-order valence-electron chi connectivity index (χ3n) is 7.28. The lowest BCUT2D eigenvalue weighted by Gasteiger charge is -2.31. The van der Waals surface area contributed by atoms with Crippen molar-refractivity contribution in [3.8, 4) is 17.1 Å². The first-order valence-corrected chi connectivity index (χ1v) is 15.4. The van der Waals surface area contributed by atoms with Crippen molar-refractivity contribution in [2.75, 3.05) is 13.2 Å². The summed E-state index contributed by atoms with van der Waals surface area (Å²) in [5.41, 5.74) is 4.54. The van der Waals surface area contributed by atoms with Crippen LogP contribution in [0.15, 0.2) is 76.0 Å². The highest BCUT2D eigenvalue weighted by Crippen LogP contribution is 2.35. The fraction of sp³-hybridized carbons (Fsp3) is 0.258. The zero-order valence-corrected chi connectivity index (χ0v) is 24.7. The first kappa shape index (κ1) is 29.2. The van der Waals surface area contributed by atoms with Crippen LogP contribution in [0.3, 0.4) is 0 Å². The molecule has 1 aliphatic heterocycles. The van der Waals surface area contributed by atoms with Crippen LogP contribution in [0.25, 0.3) is 11.3 Å². The minimum Gasteiger partial charge on any atom is -0.493 e. The number of ether oxygens (including phenoxy) is 1. The SMILES string of the molecule is Cc1oc(-c2ccccc2)cc1CCOc1ccc(CCC(=O)O)c2c1CCN(S(=O)(=O)c1ccc(Cl)c(Cl)c1)C2. The molecular formula is C31H29Cl2NO6S. The van der Waals surface area contributed by atoms with Crippen LogP contribution in [0.2, 0.25) is 10.0 Å². The largest absolute Gasteiger partial charge is 0.493 e. The molecule has 1 N–H and O–H groups in total. The zero-order chi connectivity index (χ0) is 29.1. The Labute approximate surface area is 249 Å². The summed E-state index contributed by atoms with van der Waals surface area (Å²) in [6.45, 7) is 2.69. The smallest absolute Gasteiger partial charge is 0.303 e. The highest BCUT2D eigenvalue weighted by atomic mass is 35.5. The standard InChI is InChI=1S/C31H29Cl2NO6S/c1-20-23(17-30(40-20)22-5-3-2-4-6-22)14-16-39-29-11-7-21(8-12-31(35)36)26-19-34(15-13-25(26)29)41(37,38)24-9-10-27(32)28(33)18-24/h2-7,9-11,17-18H,8,12-16,19H2,1H3,(H,35,36). The van der Waals surface area contributed by atoms with Gasteiger partial charge in [-0.3, -0.25) is 4.79 Å². The Bertz CT molecular complexity index is 1680. The molecule has 5 rings (SSSR count). The zero-order valence-electron chi connectivity index (χ0n) is 22.4. The number of hydrogen-bond acceptors (Lipinski definition) is 5. The van der Waals surface area contributed by atoms with Gasteiger partial charge in [0.05, 0.1) is 21.5 Å². The number of furan rings is 1. The maximum atomic E-state index is 13.5. The lowest BCUT2D eigenvalue weighted by molar-refractivity contribution is -0.136. The van der Waals surface area contributed by atoms with Crippen molar-refractivity contribution >= 4 is 39.2 Å². The monoisotopic (exact) mass is 613 g/mol. The second-order valence-electron chi connectivity index (χ2n) is 9.89. The van der Waals surface area contributed by atoms with E-state index in [2.05, 4.69) is 0 Å². The van der Waals surface area contributed by atoms with Gasteiger partial charge in [0.15, 0.2) is 0 Å². The van der Waals surface area contributed by atoms with Gasteiger partial charge in [-0.15, -0.1) is 0 Å². The maximum absolute atomic E-state index is 13.5. The van der Waals surface area contributed by atoms with Gasteiger partial charge in [-0.25, -0.2) is 8.42 Å². The van der Waals surface area contributed by atoms with Crippen LogP contribution in [0.1, 0.15) is 34.4 Å². The van der Waals surface area contributed by atoms with E-state index in [1.165, 1.54) is 22.5 Å². The molecule has 0 aliphatic carbocycles. The summed E-state index contributed by atoms with van der Waals surface area (Å²) in [5.74, 6) is 1.40. The van der Waals surface area contributed by atoms with E-state index < -0.39 is 16.0 Å². The molecule has 0 fully saturated rings. The average Bonchev–Trinajstić information content (AvgIpc) is 3.34. The van der Waals surface area contributed by atoms with Gasteiger partial charge in [-0.2, -0.15) is 4.31 Å². The van der Waals surface area contributed by atoms with Crippen molar-refractivity contribution in [1.29, 1.82) is 0 Å². The fourth-order valence-electron chi connectivity index (χ4n) is 5.07. The predicted molar refractivity (Wildman–Crippen MR) is 158 cm³/mol. The van der Waals surface area contributed by atoms with E-state index in [9.17, 15) is 18.3 Å². The number of fused-ring (bicyclic) bond motifs is 1. The van der Waals surface area contributed by atoms with Crippen molar-refractivity contribution in [2.24, 2.45) is 0 Å². The van der Waals surface area contributed by atoms with Gasteiger partial charge >= 0.3 is 5.97 Å². The Morgan fingerprint density at radius 2 is 1.76 bits per heavy atom. The second-order valence-corrected chi connectivity index (χ2v) is 12.6. The molecule has 0 amide bonds. The average molecular weight is 615 g/mol. The lowest BCUT2D eigenvalue weighted by atomic mass is 9.92. The van der Waals surface area contributed by atoms with E-state index in [-0.39, 0.29) is 40.9 Å². The van der Waals surface area contributed by atoms with Crippen LogP contribution in [0, 0.1) is 6.92 Å². The van der Waals surface area contributed by atoms with Crippen molar-refractivity contribution in [1.82, 2.24) is 4.31 Å². The van der Waals surface area contributed by atoms with Gasteiger partial charge in [0.2, 0.25) is 10.0 Å². The molecule has 41 heavy (non-hydrogen) atoms. The Balaban J connectivity index is 1.36. The molecule has 0 unspecified atom stereocenters. The molecule has 3 aromatic carbocycles. The number of benzene rings is 3. The number of halogens is 2. The molecule has 1 aliphatic rings. The van der Waals surface area contributed by atoms with Crippen molar-refractivity contribution in [2.45, 2.75) is 44.0 Å². The topological polar surface area (TPSA) is 97.1 Å². The van der Waals surface area contributed by atoms with Gasteiger partial charge < -0.3 is 14.3 Å². The van der Waals surface area contributed by atoms with E-state index in [0.717, 1.165) is 39.3 Å². The third-order valence-corrected chi connectivity index (χ3v) is 9.86. The summed E-state index contributed by atoms with van der Waals surface area (Å²) < 4.78 is 40.6. The molecule has 0 bridgehead atoms. The Kier molecular flexibility index (Phi) is 8.75. The number of carboxylic acids is 1. The minimum absolute atomic E-state index is 0.0557. The van der Waals surface area contributed by atoms with Crippen LogP contribution >= 0.6 is 23.2 Å². The molecule has 0 radical (unpaired) electrons. The first-order valence-electron chi connectivity index (χ1n) is 13.2.